The fourth-order valence-corrected chi connectivity index (χ4v) is 2.79. The van der Waals surface area contributed by atoms with Gasteiger partial charge in [-0.2, -0.15) is 0 Å². The van der Waals surface area contributed by atoms with E-state index in [4.69, 9.17) is 4.74 Å². The highest BCUT2D eigenvalue weighted by molar-refractivity contribution is 7.90. The van der Waals surface area contributed by atoms with Crippen LogP contribution in [0.15, 0.2) is 30.3 Å². The molecule has 0 fully saturated rings. The van der Waals surface area contributed by atoms with Gasteiger partial charge in [-0.15, -0.1) is 0 Å². The molecule has 0 aliphatic rings. The molecule has 0 bridgehead atoms. The van der Waals surface area contributed by atoms with Crippen molar-refractivity contribution >= 4 is 15.9 Å². The third-order valence-corrected chi connectivity index (χ3v) is 5.81. The van der Waals surface area contributed by atoms with Gasteiger partial charge in [0, 0.05) is 19.5 Å². The highest BCUT2D eigenvalue weighted by atomic mass is 32.2. The predicted octanol–water partition coefficient (Wildman–Crippen LogP) is 2.21. The molecule has 0 heterocycles. The first-order valence-corrected chi connectivity index (χ1v) is 10.1. The number of hydrogen-bond acceptors (Lipinski definition) is 4. The van der Waals surface area contributed by atoms with Gasteiger partial charge in [-0.05, 0) is 39.2 Å². The summed E-state index contributed by atoms with van der Waals surface area (Å²) in [6.07, 6.45) is 1.66. The molecule has 0 aliphatic heterocycles. The number of rotatable bonds is 11. The number of hydrogen-bond donors (Lipinski definition) is 2. The average Bonchev–Trinajstić information content (AvgIpc) is 2.54. The minimum absolute atomic E-state index is 0.0398. The summed E-state index contributed by atoms with van der Waals surface area (Å²) in [6.45, 7) is 6.79. The van der Waals surface area contributed by atoms with E-state index in [9.17, 15) is 13.2 Å². The molecule has 0 atom stereocenters. The lowest BCUT2D eigenvalue weighted by Crippen LogP contribution is -2.39. The van der Waals surface area contributed by atoms with Crippen molar-refractivity contribution in [1.82, 2.24) is 10.0 Å². The first-order chi connectivity index (χ1) is 11.7. The first kappa shape index (κ1) is 21.6. The molecule has 25 heavy (non-hydrogen) atoms. The SMILES string of the molecule is CC(C)(C)S(=O)(=O)NCCCCC(=O)NCCOCc1ccccc1. The molecule has 0 saturated heterocycles. The maximum atomic E-state index is 11.9. The highest BCUT2D eigenvalue weighted by Gasteiger charge is 2.27. The maximum Gasteiger partial charge on any atom is 0.220 e. The Hall–Kier alpha value is -1.44. The lowest BCUT2D eigenvalue weighted by molar-refractivity contribution is -0.121. The van der Waals surface area contributed by atoms with E-state index in [0.29, 0.717) is 45.6 Å². The molecule has 1 rings (SSSR count). The molecular weight excluding hydrogens is 340 g/mol. The number of carbonyl (C=O) groups is 1. The second kappa shape index (κ2) is 10.5. The standard InChI is InChI=1S/C18H30N2O4S/c1-18(2,3)25(22,23)20-12-8-7-11-17(21)19-13-14-24-15-16-9-5-4-6-10-16/h4-6,9-10,20H,7-8,11-15H2,1-3H3,(H,19,21). The van der Waals surface area contributed by atoms with Gasteiger partial charge in [-0.1, -0.05) is 30.3 Å². The van der Waals surface area contributed by atoms with E-state index in [1.807, 2.05) is 30.3 Å². The lowest BCUT2D eigenvalue weighted by Gasteiger charge is -2.19. The van der Waals surface area contributed by atoms with Gasteiger partial charge >= 0.3 is 0 Å². The number of nitrogens with one attached hydrogen (secondary N) is 2. The Morgan fingerprint density at radius 2 is 1.76 bits per heavy atom. The van der Waals surface area contributed by atoms with Crippen molar-refractivity contribution in [3.8, 4) is 0 Å². The van der Waals surface area contributed by atoms with Crippen LogP contribution in [0.5, 0.6) is 0 Å². The molecule has 0 unspecified atom stereocenters. The van der Waals surface area contributed by atoms with Crippen LogP contribution in [0.2, 0.25) is 0 Å². The summed E-state index contributed by atoms with van der Waals surface area (Å²) >= 11 is 0. The predicted molar refractivity (Wildman–Crippen MR) is 99.6 cm³/mol. The van der Waals surface area contributed by atoms with Gasteiger partial charge in [0.1, 0.15) is 0 Å². The lowest BCUT2D eigenvalue weighted by atomic mass is 10.2. The number of sulfonamides is 1. The number of unbranched alkanes of at least 4 members (excludes halogenated alkanes) is 1. The summed E-state index contributed by atoms with van der Waals surface area (Å²) < 4.78 is 30.9. The van der Waals surface area contributed by atoms with Crippen LogP contribution in [-0.4, -0.2) is 38.8 Å². The Morgan fingerprint density at radius 3 is 2.40 bits per heavy atom. The van der Waals surface area contributed by atoms with Crippen molar-refractivity contribution in [3.63, 3.8) is 0 Å². The van der Waals surface area contributed by atoms with E-state index < -0.39 is 14.8 Å². The fraction of sp³-hybridized carbons (Fsp3) is 0.611. The normalized spacial score (nSPS) is 12.1. The third-order valence-electron chi connectivity index (χ3n) is 3.61. The summed E-state index contributed by atoms with van der Waals surface area (Å²) in [5.41, 5.74) is 1.10. The molecule has 6 nitrogen and oxygen atoms in total. The van der Waals surface area contributed by atoms with E-state index in [-0.39, 0.29) is 5.91 Å². The maximum absolute atomic E-state index is 11.9. The van der Waals surface area contributed by atoms with E-state index in [0.717, 1.165) is 5.56 Å². The Balaban J connectivity index is 2.02. The van der Waals surface area contributed by atoms with Crippen molar-refractivity contribution in [2.24, 2.45) is 0 Å². The van der Waals surface area contributed by atoms with Crippen LogP contribution in [0, 0.1) is 0 Å². The van der Waals surface area contributed by atoms with Crippen LogP contribution in [0.1, 0.15) is 45.6 Å². The molecule has 1 aromatic rings. The summed E-state index contributed by atoms with van der Waals surface area (Å²) in [4.78, 5) is 11.7. The Morgan fingerprint density at radius 1 is 1.08 bits per heavy atom. The molecule has 1 amide bonds. The van der Waals surface area contributed by atoms with E-state index >= 15 is 0 Å². The van der Waals surface area contributed by atoms with Gasteiger partial charge in [-0.25, -0.2) is 13.1 Å². The molecule has 7 heteroatoms. The zero-order chi connectivity index (χ0) is 18.8. The Kier molecular flexibility index (Phi) is 9.10. The largest absolute Gasteiger partial charge is 0.375 e. The summed E-state index contributed by atoms with van der Waals surface area (Å²) in [5, 5.41) is 2.80. The van der Waals surface area contributed by atoms with E-state index in [2.05, 4.69) is 10.0 Å². The van der Waals surface area contributed by atoms with Crippen LogP contribution < -0.4 is 10.0 Å². The van der Waals surface area contributed by atoms with E-state index in [1.165, 1.54) is 0 Å². The number of amides is 1. The quantitative estimate of drug-likeness (QED) is 0.585. The Bertz CT molecular complexity index is 610. The second-order valence-corrected chi connectivity index (χ2v) is 9.38. The fourth-order valence-electron chi connectivity index (χ4n) is 1.95. The summed E-state index contributed by atoms with van der Waals surface area (Å²) in [7, 11) is -3.31. The van der Waals surface area contributed by atoms with Crippen LogP contribution in [-0.2, 0) is 26.2 Å². The molecule has 0 radical (unpaired) electrons. The van der Waals surface area contributed by atoms with Gasteiger partial charge in [0.05, 0.1) is 18.0 Å². The van der Waals surface area contributed by atoms with Crippen LogP contribution in [0.4, 0.5) is 0 Å². The molecule has 0 aliphatic carbocycles. The van der Waals surface area contributed by atoms with E-state index in [1.54, 1.807) is 20.8 Å². The molecule has 0 saturated carbocycles. The van der Waals surface area contributed by atoms with Crippen LogP contribution in [0.3, 0.4) is 0 Å². The van der Waals surface area contributed by atoms with Crippen molar-refractivity contribution in [2.45, 2.75) is 51.4 Å². The van der Waals surface area contributed by atoms with Gasteiger partial charge < -0.3 is 10.1 Å². The minimum Gasteiger partial charge on any atom is -0.375 e. The first-order valence-electron chi connectivity index (χ1n) is 8.60. The number of benzene rings is 1. The molecule has 0 aromatic heterocycles. The van der Waals surface area contributed by atoms with Gasteiger partial charge in [0.15, 0.2) is 0 Å². The van der Waals surface area contributed by atoms with Crippen molar-refractivity contribution in [1.29, 1.82) is 0 Å². The van der Waals surface area contributed by atoms with Gasteiger partial charge in [-0.3, -0.25) is 4.79 Å². The van der Waals surface area contributed by atoms with Crippen molar-refractivity contribution < 1.29 is 17.9 Å². The van der Waals surface area contributed by atoms with Crippen molar-refractivity contribution in [3.05, 3.63) is 35.9 Å². The van der Waals surface area contributed by atoms with Crippen LogP contribution in [0.25, 0.3) is 0 Å². The third kappa shape index (κ3) is 9.00. The smallest absolute Gasteiger partial charge is 0.220 e. The van der Waals surface area contributed by atoms with Gasteiger partial charge in [0.2, 0.25) is 15.9 Å². The molecule has 142 valence electrons. The monoisotopic (exact) mass is 370 g/mol. The summed E-state index contributed by atoms with van der Waals surface area (Å²) in [5.74, 6) is -0.0398. The van der Waals surface area contributed by atoms with Gasteiger partial charge in [0.25, 0.3) is 0 Å². The molecular formula is C18H30N2O4S. The Labute approximate surface area is 151 Å². The number of carbonyl (C=O) groups excluding carboxylic acids is 1. The molecule has 0 spiro atoms. The zero-order valence-corrected chi connectivity index (χ0v) is 16.2. The molecule has 2 N–H and O–H groups in total. The van der Waals surface area contributed by atoms with Crippen molar-refractivity contribution in [2.75, 3.05) is 19.7 Å². The number of ether oxygens (including phenoxy) is 1. The molecule has 1 aromatic carbocycles. The average molecular weight is 371 g/mol. The minimum atomic E-state index is -3.31. The highest BCUT2D eigenvalue weighted by Crippen LogP contribution is 2.12. The topological polar surface area (TPSA) is 84.5 Å². The summed E-state index contributed by atoms with van der Waals surface area (Å²) in [6, 6.07) is 9.86. The zero-order valence-electron chi connectivity index (χ0n) is 15.4. The second-order valence-electron chi connectivity index (χ2n) is 6.86. The van der Waals surface area contributed by atoms with Crippen LogP contribution >= 0.6 is 0 Å².